The smallest absolute Gasteiger partial charge is 0.352 e. The number of aryl methyl sites for hydroxylation is 3. The maximum atomic E-state index is 11.5. The lowest BCUT2D eigenvalue weighted by molar-refractivity contribution is 0.0692. The number of hydrogen-bond acceptors (Lipinski definition) is 3. The summed E-state index contributed by atoms with van der Waals surface area (Å²) in [5, 5.41) is 14.2. The summed E-state index contributed by atoms with van der Waals surface area (Å²) >= 11 is 0. The van der Waals surface area contributed by atoms with Crippen molar-refractivity contribution in [2.45, 2.75) is 20.8 Å². The molecular formula is C15H14N2O3. The third kappa shape index (κ3) is 1.63. The van der Waals surface area contributed by atoms with Gasteiger partial charge in [-0.05, 0) is 26.3 Å². The highest BCUT2D eigenvalue weighted by Gasteiger charge is 2.24. The summed E-state index contributed by atoms with van der Waals surface area (Å²) in [5.41, 5.74) is 4.09. The fourth-order valence-corrected chi connectivity index (χ4v) is 2.62. The monoisotopic (exact) mass is 270 g/mol. The predicted octanol–water partition coefficient (Wildman–Crippen LogP) is 3.45. The largest absolute Gasteiger partial charge is 0.477 e. The Hall–Kier alpha value is -2.56. The number of aromatic amines is 1. The van der Waals surface area contributed by atoms with Crippen molar-refractivity contribution >= 4 is 16.9 Å². The number of aromatic carboxylic acids is 1. The fourth-order valence-electron chi connectivity index (χ4n) is 2.62. The van der Waals surface area contributed by atoms with Crippen LogP contribution in [0, 0.1) is 20.8 Å². The molecule has 1 aromatic carbocycles. The minimum atomic E-state index is -0.990. The van der Waals surface area contributed by atoms with Gasteiger partial charge in [-0.25, -0.2) is 4.79 Å². The number of benzene rings is 1. The number of hydrogen-bond donors (Lipinski definition) is 2. The van der Waals surface area contributed by atoms with Crippen LogP contribution in [0.1, 0.15) is 27.5 Å². The van der Waals surface area contributed by atoms with Crippen LogP contribution in [0.25, 0.3) is 22.0 Å². The molecule has 0 aliphatic heterocycles. The molecular weight excluding hydrogens is 256 g/mol. The molecule has 0 bridgehead atoms. The molecule has 0 unspecified atom stereocenters. The van der Waals surface area contributed by atoms with Crippen LogP contribution in [0.3, 0.4) is 0 Å². The Balaban J connectivity index is 2.48. The Bertz CT molecular complexity index is 808. The van der Waals surface area contributed by atoms with E-state index in [4.69, 9.17) is 4.52 Å². The zero-order chi connectivity index (χ0) is 14.4. The van der Waals surface area contributed by atoms with Gasteiger partial charge in [-0.15, -0.1) is 0 Å². The summed E-state index contributed by atoms with van der Waals surface area (Å²) in [6.45, 7) is 5.54. The second-order valence-corrected chi connectivity index (χ2v) is 4.88. The molecule has 0 aliphatic carbocycles. The minimum absolute atomic E-state index is 0.170. The quantitative estimate of drug-likeness (QED) is 0.747. The third-order valence-corrected chi connectivity index (χ3v) is 3.54. The molecule has 0 atom stereocenters. The van der Waals surface area contributed by atoms with E-state index >= 15 is 0 Å². The molecule has 0 saturated carbocycles. The van der Waals surface area contributed by atoms with E-state index in [0.717, 1.165) is 22.0 Å². The van der Waals surface area contributed by atoms with Gasteiger partial charge in [-0.1, -0.05) is 23.4 Å². The van der Waals surface area contributed by atoms with Crippen molar-refractivity contribution in [3.05, 3.63) is 40.9 Å². The third-order valence-electron chi connectivity index (χ3n) is 3.54. The highest BCUT2D eigenvalue weighted by Crippen LogP contribution is 2.37. The van der Waals surface area contributed by atoms with Gasteiger partial charge in [0, 0.05) is 16.5 Å². The molecule has 5 nitrogen and oxygen atoms in total. The molecule has 0 saturated heterocycles. The number of nitrogens with one attached hydrogen (secondary N) is 1. The van der Waals surface area contributed by atoms with E-state index in [-0.39, 0.29) is 5.69 Å². The molecule has 5 heteroatoms. The van der Waals surface area contributed by atoms with Crippen molar-refractivity contribution in [1.29, 1.82) is 0 Å². The fraction of sp³-hybridized carbons (Fsp3) is 0.200. The van der Waals surface area contributed by atoms with Crippen LogP contribution in [-0.4, -0.2) is 21.2 Å². The summed E-state index contributed by atoms with van der Waals surface area (Å²) in [6, 6.07) is 5.77. The molecule has 2 N–H and O–H groups in total. The number of carboxylic acids is 1. The number of aromatic nitrogens is 2. The number of fused-ring (bicyclic) bond motifs is 1. The van der Waals surface area contributed by atoms with Crippen LogP contribution >= 0.6 is 0 Å². The van der Waals surface area contributed by atoms with Crippen molar-refractivity contribution < 1.29 is 14.4 Å². The van der Waals surface area contributed by atoms with E-state index < -0.39 is 5.97 Å². The Morgan fingerprint density at radius 2 is 2.00 bits per heavy atom. The molecule has 20 heavy (non-hydrogen) atoms. The van der Waals surface area contributed by atoms with Gasteiger partial charge in [-0.3, -0.25) is 0 Å². The molecule has 0 spiro atoms. The van der Waals surface area contributed by atoms with Gasteiger partial charge in [0.25, 0.3) is 0 Å². The summed E-state index contributed by atoms with van der Waals surface area (Å²) in [4.78, 5) is 14.5. The Labute approximate surface area is 115 Å². The van der Waals surface area contributed by atoms with E-state index in [9.17, 15) is 9.90 Å². The van der Waals surface area contributed by atoms with Crippen LogP contribution in [0.4, 0.5) is 0 Å². The lowest BCUT2D eigenvalue weighted by Crippen LogP contribution is -1.99. The minimum Gasteiger partial charge on any atom is -0.477 e. The number of H-pyrrole nitrogens is 1. The summed E-state index contributed by atoms with van der Waals surface area (Å²) in [6.07, 6.45) is 0. The van der Waals surface area contributed by atoms with Crippen LogP contribution in [0.15, 0.2) is 22.7 Å². The average Bonchev–Trinajstić information content (AvgIpc) is 2.92. The van der Waals surface area contributed by atoms with Crippen LogP contribution in [0.5, 0.6) is 0 Å². The van der Waals surface area contributed by atoms with E-state index in [1.165, 1.54) is 0 Å². The van der Waals surface area contributed by atoms with Crippen molar-refractivity contribution in [1.82, 2.24) is 10.1 Å². The molecule has 0 radical (unpaired) electrons. The lowest BCUT2D eigenvalue weighted by atomic mass is 9.99. The first-order valence-electron chi connectivity index (χ1n) is 6.28. The summed E-state index contributed by atoms with van der Waals surface area (Å²) < 4.78 is 5.18. The molecule has 0 fully saturated rings. The predicted molar refractivity (Wildman–Crippen MR) is 75.0 cm³/mol. The van der Waals surface area contributed by atoms with Crippen molar-refractivity contribution in [2.75, 3.05) is 0 Å². The molecule has 3 rings (SSSR count). The Morgan fingerprint density at radius 1 is 1.25 bits per heavy atom. The van der Waals surface area contributed by atoms with E-state index in [1.807, 2.05) is 32.0 Å². The molecule has 0 amide bonds. The Morgan fingerprint density at radius 3 is 2.60 bits per heavy atom. The van der Waals surface area contributed by atoms with Gasteiger partial charge in [0.15, 0.2) is 0 Å². The highest BCUT2D eigenvalue weighted by molar-refractivity contribution is 6.08. The molecule has 102 valence electrons. The number of carboxylic acid groups (broad SMARTS) is 1. The molecule has 2 aromatic heterocycles. The van der Waals surface area contributed by atoms with E-state index in [0.29, 0.717) is 17.0 Å². The zero-order valence-corrected chi connectivity index (χ0v) is 11.4. The van der Waals surface area contributed by atoms with Crippen LogP contribution in [-0.2, 0) is 0 Å². The van der Waals surface area contributed by atoms with Gasteiger partial charge >= 0.3 is 5.97 Å². The van der Waals surface area contributed by atoms with Crippen molar-refractivity contribution in [2.24, 2.45) is 0 Å². The topological polar surface area (TPSA) is 79.1 Å². The number of rotatable bonds is 2. The highest BCUT2D eigenvalue weighted by atomic mass is 16.5. The lowest BCUT2D eigenvalue weighted by Gasteiger charge is -2.01. The maximum Gasteiger partial charge on any atom is 0.352 e. The molecule has 3 aromatic rings. The van der Waals surface area contributed by atoms with E-state index in [2.05, 4.69) is 10.1 Å². The Kier molecular flexibility index (Phi) is 2.64. The molecule has 0 aliphatic rings. The van der Waals surface area contributed by atoms with E-state index in [1.54, 1.807) is 6.92 Å². The van der Waals surface area contributed by atoms with Crippen molar-refractivity contribution in [3.63, 3.8) is 0 Å². The SMILES string of the molecule is Cc1noc(C)c1-c1c(C(=O)O)[nH]c2c(C)cccc12. The summed E-state index contributed by atoms with van der Waals surface area (Å²) in [5.74, 6) is -0.372. The van der Waals surface area contributed by atoms with Gasteiger partial charge < -0.3 is 14.6 Å². The zero-order valence-electron chi connectivity index (χ0n) is 11.4. The van der Waals surface area contributed by atoms with Gasteiger partial charge in [0.05, 0.1) is 11.3 Å². The second kappa shape index (κ2) is 4.23. The average molecular weight is 270 g/mol. The first-order valence-corrected chi connectivity index (χ1v) is 6.28. The summed E-state index contributed by atoms with van der Waals surface area (Å²) in [7, 11) is 0. The first-order chi connectivity index (χ1) is 9.50. The van der Waals surface area contributed by atoms with Crippen LogP contribution < -0.4 is 0 Å². The van der Waals surface area contributed by atoms with Crippen molar-refractivity contribution in [3.8, 4) is 11.1 Å². The normalized spacial score (nSPS) is 11.2. The standard InChI is InChI=1S/C15H14N2O3/c1-7-5-4-6-10-12(11-8(2)17-20-9(11)3)14(15(18)19)16-13(7)10/h4-6,16H,1-3H3,(H,18,19). The number of para-hydroxylation sites is 1. The van der Waals surface area contributed by atoms with Crippen LogP contribution in [0.2, 0.25) is 0 Å². The van der Waals surface area contributed by atoms with Gasteiger partial charge in [-0.2, -0.15) is 0 Å². The second-order valence-electron chi connectivity index (χ2n) is 4.88. The maximum absolute atomic E-state index is 11.5. The number of carbonyl (C=O) groups is 1. The number of nitrogens with zero attached hydrogens (tertiary/aromatic N) is 1. The molecule has 2 heterocycles. The van der Waals surface area contributed by atoms with Gasteiger partial charge in [0.2, 0.25) is 0 Å². The van der Waals surface area contributed by atoms with Gasteiger partial charge in [0.1, 0.15) is 11.5 Å². The first kappa shape index (κ1) is 12.5.